The molecule has 0 aliphatic carbocycles. The van der Waals surface area contributed by atoms with Crippen molar-refractivity contribution in [1.29, 1.82) is 0 Å². The Balaban J connectivity index is 3.28. The average Bonchev–Trinajstić information content (AvgIpc) is 2.03. The fraction of sp³-hybridized carbons (Fsp3) is 0.222. The third kappa shape index (κ3) is 2.14. The van der Waals surface area contributed by atoms with Gasteiger partial charge < -0.3 is 4.74 Å². The molecular weight excluding hydrogens is 211 g/mol. The van der Waals surface area contributed by atoms with Crippen LogP contribution in [-0.2, 0) is 0 Å². The van der Waals surface area contributed by atoms with E-state index in [1.165, 1.54) is 13.2 Å². The van der Waals surface area contributed by atoms with E-state index in [-0.39, 0.29) is 0 Å². The van der Waals surface area contributed by atoms with Crippen LogP contribution in [-0.4, -0.2) is 12.4 Å². The number of carbonyl (C=O) groups excluding carboxylic acids is 1. The van der Waals surface area contributed by atoms with Gasteiger partial charge in [0.05, 0.1) is 12.1 Å². The van der Waals surface area contributed by atoms with E-state index in [4.69, 9.17) is 27.9 Å². The zero-order valence-corrected chi connectivity index (χ0v) is 8.74. The molecule has 0 aromatic heterocycles. The van der Waals surface area contributed by atoms with Crippen LogP contribution in [0.15, 0.2) is 12.1 Å². The zero-order valence-electron chi connectivity index (χ0n) is 7.23. The molecule has 0 heterocycles. The zero-order chi connectivity index (χ0) is 10.0. The summed E-state index contributed by atoms with van der Waals surface area (Å²) in [5.74, 6) is 0.573. The van der Waals surface area contributed by atoms with Crippen LogP contribution in [0.2, 0.25) is 5.02 Å². The molecule has 0 radical (unpaired) electrons. The molecule has 70 valence electrons. The van der Waals surface area contributed by atoms with Gasteiger partial charge in [0.15, 0.2) is 0 Å². The average molecular weight is 219 g/mol. The van der Waals surface area contributed by atoms with Gasteiger partial charge in [-0.2, -0.15) is 0 Å². The second kappa shape index (κ2) is 3.99. The van der Waals surface area contributed by atoms with Crippen LogP contribution in [0.3, 0.4) is 0 Å². The molecule has 0 aliphatic heterocycles. The van der Waals surface area contributed by atoms with Crippen molar-refractivity contribution in [1.82, 2.24) is 0 Å². The molecule has 0 amide bonds. The van der Waals surface area contributed by atoms with Gasteiger partial charge in [-0.1, -0.05) is 11.6 Å². The molecule has 13 heavy (non-hydrogen) atoms. The molecule has 0 fully saturated rings. The van der Waals surface area contributed by atoms with Crippen molar-refractivity contribution in [2.45, 2.75) is 6.92 Å². The summed E-state index contributed by atoms with van der Waals surface area (Å²) in [5, 5.41) is -0.126. The van der Waals surface area contributed by atoms with Gasteiger partial charge in [0.2, 0.25) is 0 Å². The summed E-state index contributed by atoms with van der Waals surface area (Å²) < 4.78 is 5.02. The highest BCUT2D eigenvalue weighted by Gasteiger charge is 2.09. The van der Waals surface area contributed by atoms with Gasteiger partial charge in [-0.15, -0.1) is 0 Å². The van der Waals surface area contributed by atoms with E-state index in [2.05, 4.69) is 0 Å². The molecule has 0 bridgehead atoms. The fourth-order valence-corrected chi connectivity index (χ4v) is 1.56. The Bertz CT molecular complexity index is 324. The Kier molecular flexibility index (Phi) is 3.17. The molecule has 0 spiro atoms. The number of hydrogen-bond acceptors (Lipinski definition) is 2. The summed E-state index contributed by atoms with van der Waals surface area (Å²) in [5.41, 5.74) is 1.17. The number of ether oxygens (including phenoxy) is 1. The van der Waals surface area contributed by atoms with E-state index in [0.29, 0.717) is 16.3 Å². The number of carbonyl (C=O) groups is 1. The highest BCUT2D eigenvalue weighted by molar-refractivity contribution is 6.67. The third-order valence-electron chi connectivity index (χ3n) is 1.66. The molecule has 1 rings (SSSR count). The normalized spacial score (nSPS) is 9.85. The maximum Gasteiger partial charge on any atom is 0.252 e. The minimum Gasteiger partial charge on any atom is -0.495 e. The Morgan fingerprint density at radius 2 is 2.08 bits per heavy atom. The lowest BCUT2D eigenvalue weighted by Gasteiger charge is -2.07. The predicted molar refractivity (Wildman–Crippen MR) is 52.9 cm³/mol. The SMILES string of the molecule is COc1c(C)cc(C(=O)Cl)cc1Cl. The van der Waals surface area contributed by atoms with Crippen LogP contribution in [0.25, 0.3) is 0 Å². The van der Waals surface area contributed by atoms with Crippen molar-refractivity contribution in [2.24, 2.45) is 0 Å². The number of aryl methyl sites for hydroxylation is 1. The molecule has 4 heteroatoms. The first-order valence-electron chi connectivity index (χ1n) is 3.60. The molecule has 0 saturated carbocycles. The van der Waals surface area contributed by atoms with Gasteiger partial charge in [-0.25, -0.2) is 0 Å². The van der Waals surface area contributed by atoms with Crippen molar-refractivity contribution in [3.63, 3.8) is 0 Å². The lowest BCUT2D eigenvalue weighted by molar-refractivity contribution is 0.108. The summed E-state index contributed by atoms with van der Waals surface area (Å²) in [6.45, 7) is 1.80. The molecule has 2 nitrogen and oxygen atoms in total. The maximum absolute atomic E-state index is 10.8. The van der Waals surface area contributed by atoms with Crippen molar-refractivity contribution >= 4 is 28.4 Å². The summed E-state index contributed by atoms with van der Waals surface area (Å²) in [7, 11) is 1.52. The third-order valence-corrected chi connectivity index (χ3v) is 2.16. The molecule has 0 aliphatic rings. The Morgan fingerprint density at radius 3 is 2.46 bits per heavy atom. The fourth-order valence-electron chi connectivity index (χ4n) is 1.10. The largest absolute Gasteiger partial charge is 0.495 e. The van der Waals surface area contributed by atoms with Crippen LogP contribution < -0.4 is 4.74 Å². The topological polar surface area (TPSA) is 26.3 Å². The van der Waals surface area contributed by atoms with Gasteiger partial charge in [0, 0.05) is 5.56 Å². The summed E-state index contributed by atoms with van der Waals surface area (Å²) in [6, 6.07) is 3.13. The minimum atomic E-state index is -0.521. The molecular formula is C9H8Cl2O2. The van der Waals surface area contributed by atoms with Gasteiger partial charge in [-0.3, -0.25) is 4.79 Å². The van der Waals surface area contributed by atoms with Crippen molar-refractivity contribution in [3.8, 4) is 5.75 Å². The molecule has 0 saturated heterocycles. The molecule has 1 aromatic rings. The van der Waals surface area contributed by atoms with E-state index in [1.807, 2.05) is 0 Å². The van der Waals surface area contributed by atoms with Crippen LogP contribution >= 0.6 is 23.2 Å². The van der Waals surface area contributed by atoms with E-state index < -0.39 is 5.24 Å². The van der Waals surface area contributed by atoms with Crippen LogP contribution in [0.5, 0.6) is 5.75 Å². The summed E-state index contributed by atoms with van der Waals surface area (Å²) in [4.78, 5) is 10.8. The first-order chi connectivity index (χ1) is 6.06. The van der Waals surface area contributed by atoms with Crippen molar-refractivity contribution in [2.75, 3.05) is 7.11 Å². The summed E-state index contributed by atoms with van der Waals surface area (Å²) in [6.07, 6.45) is 0. The monoisotopic (exact) mass is 218 g/mol. The predicted octanol–water partition coefficient (Wildman–Crippen LogP) is 3.04. The van der Waals surface area contributed by atoms with E-state index in [1.54, 1.807) is 13.0 Å². The van der Waals surface area contributed by atoms with Crippen molar-refractivity contribution in [3.05, 3.63) is 28.3 Å². The number of methoxy groups -OCH3 is 1. The second-order valence-corrected chi connectivity index (χ2v) is 3.33. The standard InChI is InChI=1S/C9H8Cl2O2/c1-5-3-6(9(11)12)4-7(10)8(5)13-2/h3-4H,1-2H3. The van der Waals surface area contributed by atoms with E-state index >= 15 is 0 Å². The van der Waals surface area contributed by atoms with Gasteiger partial charge in [0.25, 0.3) is 5.24 Å². The maximum atomic E-state index is 10.8. The molecule has 0 N–H and O–H groups in total. The number of hydrogen-bond donors (Lipinski definition) is 0. The highest BCUT2D eigenvalue weighted by atomic mass is 35.5. The molecule has 1 aromatic carbocycles. The van der Waals surface area contributed by atoms with Crippen molar-refractivity contribution < 1.29 is 9.53 Å². The quantitative estimate of drug-likeness (QED) is 0.714. The first kappa shape index (κ1) is 10.4. The van der Waals surface area contributed by atoms with Crippen LogP contribution in [0.1, 0.15) is 15.9 Å². The van der Waals surface area contributed by atoms with Gasteiger partial charge in [-0.05, 0) is 36.2 Å². The Morgan fingerprint density at radius 1 is 1.46 bits per heavy atom. The van der Waals surface area contributed by atoms with E-state index in [9.17, 15) is 4.79 Å². The van der Waals surface area contributed by atoms with Crippen LogP contribution in [0, 0.1) is 6.92 Å². The highest BCUT2D eigenvalue weighted by Crippen LogP contribution is 2.29. The first-order valence-corrected chi connectivity index (χ1v) is 4.36. The van der Waals surface area contributed by atoms with Gasteiger partial charge in [0.1, 0.15) is 5.75 Å². The number of halogens is 2. The number of rotatable bonds is 2. The summed E-state index contributed by atoms with van der Waals surface area (Å²) >= 11 is 11.1. The van der Waals surface area contributed by atoms with E-state index in [0.717, 1.165) is 5.56 Å². The molecule has 0 atom stereocenters. The smallest absolute Gasteiger partial charge is 0.252 e. The van der Waals surface area contributed by atoms with Crippen LogP contribution in [0.4, 0.5) is 0 Å². The lowest BCUT2D eigenvalue weighted by atomic mass is 10.1. The Labute approximate surface area is 86.4 Å². The minimum absolute atomic E-state index is 0.380. The Hall–Kier alpha value is -0.730. The second-order valence-electron chi connectivity index (χ2n) is 2.58. The van der Waals surface area contributed by atoms with Gasteiger partial charge >= 0.3 is 0 Å². The lowest BCUT2D eigenvalue weighted by Crippen LogP contribution is -1.94. The number of benzene rings is 1. The molecule has 0 unspecified atom stereocenters.